The van der Waals surface area contributed by atoms with Crippen molar-refractivity contribution in [3.05, 3.63) is 42.7 Å². The normalized spacial score (nSPS) is 13.5. The molecule has 0 spiro atoms. The lowest BCUT2D eigenvalue weighted by atomic mass is 10.3. The number of amides is 1. The Bertz CT molecular complexity index is 738. The van der Waals surface area contributed by atoms with Crippen LogP contribution in [0.2, 0.25) is 0 Å². The van der Waals surface area contributed by atoms with Gasteiger partial charge in [0.25, 0.3) is 0 Å². The van der Waals surface area contributed by atoms with Crippen molar-refractivity contribution in [2.75, 3.05) is 18.2 Å². The minimum Gasteiger partial charge on any atom is -0.497 e. The molecule has 1 fully saturated rings. The van der Waals surface area contributed by atoms with Gasteiger partial charge in [0.05, 0.1) is 7.11 Å². The Morgan fingerprint density at radius 1 is 1.40 bits per heavy atom. The van der Waals surface area contributed by atoms with Crippen LogP contribution in [0.5, 0.6) is 5.75 Å². The van der Waals surface area contributed by atoms with Crippen LogP contribution in [0.3, 0.4) is 0 Å². The SMILES string of the molecule is C=CCn1c(SCCC(=O)Nc2ccc(OC)cc2)nnc1C1CC1. The first-order chi connectivity index (χ1) is 12.2. The zero-order valence-corrected chi connectivity index (χ0v) is 15.1. The molecule has 0 bridgehead atoms. The predicted octanol–water partition coefficient (Wildman–Crippen LogP) is 3.47. The summed E-state index contributed by atoms with van der Waals surface area (Å²) in [5.41, 5.74) is 0.765. The number of aromatic nitrogens is 3. The third-order valence-electron chi connectivity index (χ3n) is 3.93. The number of carbonyl (C=O) groups excluding carboxylic acids is 1. The molecule has 1 aliphatic rings. The van der Waals surface area contributed by atoms with Crippen LogP contribution in [0.1, 0.15) is 31.0 Å². The summed E-state index contributed by atoms with van der Waals surface area (Å²) in [5, 5.41) is 12.3. The molecule has 1 heterocycles. The van der Waals surface area contributed by atoms with Crippen molar-refractivity contribution >= 4 is 23.4 Å². The van der Waals surface area contributed by atoms with Crippen molar-refractivity contribution in [2.24, 2.45) is 0 Å². The fraction of sp³-hybridized carbons (Fsp3) is 0.389. The summed E-state index contributed by atoms with van der Waals surface area (Å²) in [6.07, 6.45) is 4.64. The van der Waals surface area contributed by atoms with Crippen LogP contribution >= 0.6 is 11.8 Å². The van der Waals surface area contributed by atoms with E-state index >= 15 is 0 Å². The van der Waals surface area contributed by atoms with Gasteiger partial charge in [0.2, 0.25) is 5.91 Å². The van der Waals surface area contributed by atoms with Gasteiger partial charge in [-0.15, -0.1) is 16.8 Å². The van der Waals surface area contributed by atoms with Gasteiger partial charge in [-0.2, -0.15) is 0 Å². The number of anilines is 1. The lowest BCUT2D eigenvalue weighted by molar-refractivity contribution is -0.115. The molecule has 1 aromatic carbocycles. The smallest absolute Gasteiger partial charge is 0.225 e. The lowest BCUT2D eigenvalue weighted by Gasteiger charge is -2.08. The number of methoxy groups -OCH3 is 1. The first-order valence-electron chi connectivity index (χ1n) is 8.32. The minimum absolute atomic E-state index is 0.0186. The van der Waals surface area contributed by atoms with E-state index in [0.29, 0.717) is 24.6 Å². The number of nitrogens with one attached hydrogen (secondary N) is 1. The second kappa shape index (κ2) is 8.20. The fourth-order valence-corrected chi connectivity index (χ4v) is 3.38. The molecule has 1 saturated carbocycles. The molecule has 2 aromatic rings. The van der Waals surface area contributed by atoms with Gasteiger partial charge in [-0.3, -0.25) is 4.79 Å². The van der Waals surface area contributed by atoms with Crippen molar-refractivity contribution < 1.29 is 9.53 Å². The van der Waals surface area contributed by atoms with Crippen molar-refractivity contribution in [3.63, 3.8) is 0 Å². The van der Waals surface area contributed by atoms with Crippen LogP contribution in [0.25, 0.3) is 0 Å². The molecular weight excluding hydrogens is 336 g/mol. The van der Waals surface area contributed by atoms with Crippen molar-refractivity contribution in [2.45, 2.75) is 36.9 Å². The molecule has 3 rings (SSSR count). The molecular formula is C18H22N4O2S. The van der Waals surface area contributed by atoms with E-state index in [1.807, 2.05) is 30.3 Å². The highest BCUT2D eigenvalue weighted by Crippen LogP contribution is 2.40. The fourth-order valence-electron chi connectivity index (χ4n) is 2.48. The van der Waals surface area contributed by atoms with E-state index in [2.05, 4.69) is 26.7 Å². The topological polar surface area (TPSA) is 69.0 Å². The van der Waals surface area contributed by atoms with Crippen LogP contribution in [-0.4, -0.2) is 33.5 Å². The number of benzene rings is 1. The molecule has 1 aliphatic carbocycles. The summed E-state index contributed by atoms with van der Waals surface area (Å²) < 4.78 is 7.21. The van der Waals surface area contributed by atoms with Crippen LogP contribution in [0.4, 0.5) is 5.69 Å². The first kappa shape index (κ1) is 17.5. The average molecular weight is 358 g/mol. The highest BCUT2D eigenvalue weighted by molar-refractivity contribution is 7.99. The predicted molar refractivity (Wildman–Crippen MR) is 99.2 cm³/mol. The van der Waals surface area contributed by atoms with Gasteiger partial charge in [-0.1, -0.05) is 17.8 Å². The van der Waals surface area contributed by atoms with Crippen molar-refractivity contribution in [1.82, 2.24) is 14.8 Å². The number of nitrogens with zero attached hydrogens (tertiary/aromatic N) is 3. The molecule has 7 heteroatoms. The number of hydrogen-bond donors (Lipinski definition) is 1. The number of thioether (sulfide) groups is 1. The lowest BCUT2D eigenvalue weighted by Crippen LogP contribution is -2.12. The molecule has 1 aromatic heterocycles. The van der Waals surface area contributed by atoms with Crippen LogP contribution < -0.4 is 10.1 Å². The minimum atomic E-state index is -0.0186. The second-order valence-corrected chi connectivity index (χ2v) is 6.95. The molecule has 132 valence electrons. The highest BCUT2D eigenvalue weighted by atomic mass is 32.2. The third-order valence-corrected chi connectivity index (χ3v) is 4.90. The van der Waals surface area contributed by atoms with E-state index in [1.54, 1.807) is 18.9 Å². The van der Waals surface area contributed by atoms with E-state index in [4.69, 9.17) is 4.74 Å². The summed E-state index contributed by atoms with van der Waals surface area (Å²) in [4.78, 5) is 12.1. The van der Waals surface area contributed by atoms with Gasteiger partial charge in [0.15, 0.2) is 5.16 Å². The van der Waals surface area contributed by atoms with E-state index in [1.165, 1.54) is 12.8 Å². The van der Waals surface area contributed by atoms with Gasteiger partial charge in [0.1, 0.15) is 11.6 Å². The summed E-state index contributed by atoms with van der Waals surface area (Å²) in [7, 11) is 1.62. The molecule has 25 heavy (non-hydrogen) atoms. The summed E-state index contributed by atoms with van der Waals surface area (Å²) in [6.45, 7) is 4.51. The van der Waals surface area contributed by atoms with Crippen LogP contribution in [-0.2, 0) is 11.3 Å². The Morgan fingerprint density at radius 2 is 2.16 bits per heavy atom. The number of hydrogen-bond acceptors (Lipinski definition) is 5. The van der Waals surface area contributed by atoms with Crippen molar-refractivity contribution in [3.8, 4) is 5.75 Å². The maximum Gasteiger partial charge on any atom is 0.225 e. The number of allylic oxidation sites excluding steroid dienone is 1. The number of ether oxygens (including phenoxy) is 1. The third kappa shape index (κ3) is 4.63. The highest BCUT2D eigenvalue weighted by Gasteiger charge is 2.30. The van der Waals surface area contributed by atoms with E-state index < -0.39 is 0 Å². The van der Waals surface area contributed by atoms with Crippen molar-refractivity contribution in [1.29, 1.82) is 0 Å². The zero-order chi connectivity index (χ0) is 17.6. The average Bonchev–Trinajstić information content (AvgIpc) is 3.39. The Morgan fingerprint density at radius 3 is 2.80 bits per heavy atom. The van der Waals surface area contributed by atoms with Gasteiger partial charge < -0.3 is 14.6 Å². The maximum absolute atomic E-state index is 12.1. The van der Waals surface area contributed by atoms with Gasteiger partial charge >= 0.3 is 0 Å². The molecule has 0 atom stereocenters. The first-order valence-corrected chi connectivity index (χ1v) is 9.30. The molecule has 0 unspecified atom stereocenters. The Kier molecular flexibility index (Phi) is 5.75. The molecule has 1 N–H and O–H groups in total. The molecule has 0 aliphatic heterocycles. The quantitative estimate of drug-likeness (QED) is 0.549. The zero-order valence-electron chi connectivity index (χ0n) is 14.3. The standard InChI is InChI=1S/C18H22N4O2S/c1-3-11-22-17(13-4-5-13)20-21-18(22)25-12-10-16(23)19-14-6-8-15(24-2)9-7-14/h3,6-9,13H,1,4-5,10-12H2,2H3,(H,19,23). The van der Waals surface area contributed by atoms with E-state index in [-0.39, 0.29) is 5.91 Å². The molecule has 6 nitrogen and oxygen atoms in total. The van der Waals surface area contributed by atoms with Crippen LogP contribution in [0, 0.1) is 0 Å². The molecule has 0 radical (unpaired) electrons. The Labute approximate surface area is 151 Å². The molecule has 1 amide bonds. The number of carbonyl (C=O) groups is 1. The van der Waals surface area contributed by atoms with Crippen LogP contribution in [0.15, 0.2) is 42.1 Å². The second-order valence-electron chi connectivity index (χ2n) is 5.89. The van der Waals surface area contributed by atoms with Gasteiger partial charge in [-0.25, -0.2) is 0 Å². The van der Waals surface area contributed by atoms with Gasteiger partial charge in [-0.05, 0) is 37.1 Å². The van der Waals surface area contributed by atoms with E-state index in [0.717, 1.165) is 22.4 Å². The Balaban J connectivity index is 1.50. The van der Waals surface area contributed by atoms with E-state index in [9.17, 15) is 4.79 Å². The maximum atomic E-state index is 12.1. The Hall–Kier alpha value is -2.28. The monoisotopic (exact) mass is 358 g/mol. The summed E-state index contributed by atoms with van der Waals surface area (Å²) in [6, 6.07) is 7.29. The largest absolute Gasteiger partial charge is 0.497 e. The summed E-state index contributed by atoms with van der Waals surface area (Å²) >= 11 is 1.56. The van der Waals surface area contributed by atoms with Gasteiger partial charge in [0, 0.05) is 30.3 Å². The summed E-state index contributed by atoms with van der Waals surface area (Å²) in [5.74, 6) is 2.99. The molecule has 0 saturated heterocycles. The number of rotatable bonds is 9.